The van der Waals surface area contributed by atoms with Gasteiger partial charge in [0.1, 0.15) is 0 Å². The molecule has 4 heteroatoms. The van der Waals surface area contributed by atoms with Crippen LogP contribution >= 0.6 is 15.9 Å². The van der Waals surface area contributed by atoms with Crippen LogP contribution in [0.5, 0.6) is 0 Å². The van der Waals surface area contributed by atoms with E-state index in [1.54, 1.807) is 12.1 Å². The second-order valence-electron chi connectivity index (χ2n) is 35.3. The lowest BCUT2D eigenvalue weighted by Gasteiger charge is -2.31. The Balaban J connectivity index is 0.000000118. The maximum absolute atomic E-state index is 8.94. The van der Waals surface area contributed by atoms with Gasteiger partial charge in [0.05, 0.1) is 21.7 Å². The molecule has 8 aliphatic carbocycles. The first kappa shape index (κ1) is 74.3. The van der Waals surface area contributed by atoms with Gasteiger partial charge in [0.25, 0.3) is 0 Å². The number of hydrogen-bond donors (Lipinski definition) is 2. The molecule has 2 nitrogen and oxygen atoms in total. The number of rotatable bonds is 6. The van der Waals surface area contributed by atoms with Crippen molar-refractivity contribution in [3.8, 4) is 145 Å². The molecule has 0 unspecified atom stereocenters. The molecule has 0 aliphatic heterocycles. The molecule has 20 aromatic carbocycles. The van der Waals surface area contributed by atoms with E-state index >= 15 is 0 Å². The lowest BCUT2D eigenvalue weighted by atomic mass is 9.69. The van der Waals surface area contributed by atoms with Crippen LogP contribution in [0.15, 0.2) is 466 Å². The van der Waals surface area contributed by atoms with Gasteiger partial charge in [-0.05, 0) is 282 Å². The fraction of sp³-hybridized carbons (Fsp3) is 0.0323. The predicted octanol–water partition coefficient (Wildman–Crippen LogP) is 29.2. The first-order valence-electron chi connectivity index (χ1n) is 44.4. The molecule has 4 spiro atoms. The molecule has 0 saturated heterocycles. The van der Waals surface area contributed by atoms with E-state index in [0.29, 0.717) is 5.46 Å². The van der Waals surface area contributed by atoms with Crippen LogP contribution in [0.4, 0.5) is 0 Å². The normalized spacial score (nSPS) is 14.1. The van der Waals surface area contributed by atoms with Crippen molar-refractivity contribution in [1.29, 1.82) is 0 Å². The topological polar surface area (TPSA) is 40.5 Å². The first-order chi connectivity index (χ1) is 63.2. The lowest BCUT2D eigenvalue weighted by Crippen LogP contribution is -2.29. The van der Waals surface area contributed by atoms with Gasteiger partial charge in [0, 0.05) is 4.47 Å². The van der Waals surface area contributed by atoms with Crippen molar-refractivity contribution in [3.63, 3.8) is 0 Å². The Hall–Kier alpha value is -15.1. The van der Waals surface area contributed by atoms with Crippen LogP contribution in [0.1, 0.15) is 89.0 Å². The number of halogens is 1. The number of fused-ring (bicyclic) bond motifs is 40. The SMILES string of the molecule is Brc1ccc2c(c1)C1(c3ccccc3-c3ccccc31)c1cc(-c3ccc4c(c3)C3(c5ccccc5-c5ccccc53)c3ccccc3-4)ccc1-2.OB(O)c1ccc(-c2ccccc2)cc1.c1ccc(-c2ccc(-c3ccc4c(c3)C3(c5ccccc5-c5ccccc53)c3cc(-c5ccc6c(c5)C5(c7ccccc7-c7ccccc75)c5ccccc5-6)ccc3-4)cc2)cc1. The van der Waals surface area contributed by atoms with E-state index < -0.39 is 17.9 Å². The summed E-state index contributed by atoms with van der Waals surface area (Å²) in [5.74, 6) is 0. The Labute approximate surface area is 753 Å². The van der Waals surface area contributed by atoms with Gasteiger partial charge in [-0.3, -0.25) is 0 Å². The van der Waals surface area contributed by atoms with E-state index in [9.17, 15) is 0 Å². The highest BCUT2D eigenvalue weighted by atomic mass is 79.9. The Morgan fingerprint density at radius 1 is 0.141 bits per heavy atom. The molecule has 2 N–H and O–H groups in total. The van der Waals surface area contributed by atoms with Crippen LogP contribution in [-0.2, 0) is 21.7 Å². The summed E-state index contributed by atoms with van der Waals surface area (Å²) < 4.78 is 1.11. The number of hydrogen-bond acceptors (Lipinski definition) is 2. The molecular weight excluding hydrogens is 1610 g/mol. The quantitative estimate of drug-likeness (QED) is 0.163. The summed E-state index contributed by atoms with van der Waals surface area (Å²) in [6.45, 7) is 0. The molecule has 0 radical (unpaired) electrons. The lowest BCUT2D eigenvalue weighted by molar-refractivity contribution is 0.426. The highest BCUT2D eigenvalue weighted by molar-refractivity contribution is 9.10. The highest BCUT2D eigenvalue weighted by Crippen LogP contribution is 2.69. The minimum atomic E-state index is -1.39. The Morgan fingerprint density at radius 3 is 0.531 bits per heavy atom. The summed E-state index contributed by atoms with van der Waals surface area (Å²) in [7, 11) is -1.39. The summed E-state index contributed by atoms with van der Waals surface area (Å²) in [5.41, 5.74) is 54.0. The molecule has 0 aromatic heterocycles. The summed E-state index contributed by atoms with van der Waals surface area (Å²) in [5, 5.41) is 17.9. The van der Waals surface area contributed by atoms with Gasteiger partial charge in [-0.15, -0.1) is 0 Å². The van der Waals surface area contributed by atoms with Crippen LogP contribution in [-0.4, -0.2) is 17.2 Å². The van der Waals surface area contributed by atoms with Crippen molar-refractivity contribution in [2.45, 2.75) is 21.7 Å². The third-order valence-electron chi connectivity index (χ3n) is 29.4. The molecule has 0 fully saturated rings. The van der Waals surface area contributed by atoms with Crippen LogP contribution in [0.3, 0.4) is 0 Å². The van der Waals surface area contributed by atoms with Gasteiger partial charge in [-0.1, -0.05) is 435 Å². The zero-order valence-corrected chi connectivity index (χ0v) is 71.3. The van der Waals surface area contributed by atoms with Crippen molar-refractivity contribution < 1.29 is 10.0 Å². The van der Waals surface area contributed by atoms with Crippen LogP contribution in [0.25, 0.3) is 145 Å². The van der Waals surface area contributed by atoms with E-state index in [4.69, 9.17) is 10.0 Å². The van der Waals surface area contributed by atoms with Crippen LogP contribution in [0, 0.1) is 0 Å². The standard InChI is InChI=1S/C62H38.C50H29Br.C12H11BO2/c1-2-14-39(15-3-1)40-26-28-41(29-27-40)42-30-33-51-52-35-32-44(38-60(52)62(59(51)36-42)56-24-12-6-18-47(56)48-19-7-13-25-57(48)62)43-31-34-50-49-20-8-11-23-55(49)61(58(50)37-43)53-21-9-4-16-45(53)46-17-5-10-22-54(46)61;51-32-23-26-40-39-25-22-31(28-47(39)50(48(40)29-32)44-19-9-3-13-35(44)36-14-4-10-20-45(36)50)30-21-24-38-37-15-5-8-18-43(37)49(46(38)27-30)41-16-6-1-11-33(41)34-12-2-7-17-42(34)49;14-13(15)12-8-6-11(7-9-12)10-4-2-1-3-5-10/h1-38H;1-29H;1-9,14-15H. The van der Waals surface area contributed by atoms with Crippen molar-refractivity contribution in [2.24, 2.45) is 0 Å². The molecule has 0 amide bonds. The predicted molar refractivity (Wildman–Crippen MR) is 529 cm³/mol. The van der Waals surface area contributed by atoms with Crippen molar-refractivity contribution in [3.05, 3.63) is 555 Å². The monoisotopic (exact) mass is 1690 g/mol. The third kappa shape index (κ3) is 10.3. The van der Waals surface area contributed by atoms with Gasteiger partial charge in [-0.25, -0.2) is 0 Å². The molecular formula is C124H78BBrO2. The minimum Gasteiger partial charge on any atom is -0.423 e. The maximum atomic E-state index is 8.94. The Kier molecular flexibility index (Phi) is 16.5. The van der Waals surface area contributed by atoms with Crippen LogP contribution in [0.2, 0.25) is 0 Å². The third-order valence-corrected chi connectivity index (χ3v) is 29.9. The second kappa shape index (κ2) is 28.4. The summed E-state index contributed by atoms with van der Waals surface area (Å²) in [6.07, 6.45) is 0. The summed E-state index contributed by atoms with van der Waals surface area (Å²) in [4.78, 5) is 0. The molecule has 596 valence electrons. The Morgan fingerprint density at radius 2 is 0.297 bits per heavy atom. The van der Waals surface area contributed by atoms with E-state index in [-0.39, 0.29) is 10.8 Å². The summed E-state index contributed by atoms with van der Waals surface area (Å²) in [6, 6.07) is 171. The molecule has 20 aromatic rings. The molecule has 8 aliphatic rings. The smallest absolute Gasteiger partial charge is 0.423 e. The molecule has 0 saturated carbocycles. The second-order valence-corrected chi connectivity index (χ2v) is 36.2. The van der Waals surface area contributed by atoms with Crippen molar-refractivity contribution in [2.75, 3.05) is 0 Å². The van der Waals surface area contributed by atoms with E-state index in [1.165, 1.54) is 223 Å². The molecule has 0 heterocycles. The van der Waals surface area contributed by atoms with Gasteiger partial charge < -0.3 is 10.0 Å². The van der Waals surface area contributed by atoms with E-state index in [1.807, 2.05) is 42.5 Å². The Bertz CT molecular complexity index is 7840. The van der Waals surface area contributed by atoms with Gasteiger partial charge in [0.15, 0.2) is 0 Å². The fourth-order valence-corrected chi connectivity index (χ4v) is 24.7. The number of benzene rings is 20. The van der Waals surface area contributed by atoms with Crippen molar-refractivity contribution in [1.82, 2.24) is 0 Å². The average molecular weight is 1690 g/mol. The van der Waals surface area contributed by atoms with Crippen LogP contribution < -0.4 is 5.46 Å². The summed E-state index contributed by atoms with van der Waals surface area (Å²) >= 11 is 3.86. The maximum Gasteiger partial charge on any atom is 0.488 e. The molecule has 0 bridgehead atoms. The fourth-order valence-electron chi connectivity index (χ4n) is 24.3. The van der Waals surface area contributed by atoms with Gasteiger partial charge in [-0.2, -0.15) is 0 Å². The van der Waals surface area contributed by atoms with Gasteiger partial charge in [0.2, 0.25) is 0 Å². The van der Waals surface area contributed by atoms with E-state index in [2.05, 4.69) is 422 Å². The minimum absolute atomic E-state index is 0.362. The zero-order valence-electron chi connectivity index (χ0n) is 69.7. The zero-order chi connectivity index (χ0) is 84.7. The first-order valence-corrected chi connectivity index (χ1v) is 45.2. The molecule has 128 heavy (non-hydrogen) atoms. The van der Waals surface area contributed by atoms with Gasteiger partial charge >= 0.3 is 7.12 Å². The van der Waals surface area contributed by atoms with Crippen molar-refractivity contribution >= 4 is 28.5 Å². The average Bonchev–Trinajstić information content (AvgIpc) is 1.52. The molecule has 28 rings (SSSR count). The highest BCUT2D eigenvalue weighted by Gasteiger charge is 2.57. The largest absolute Gasteiger partial charge is 0.488 e. The molecule has 0 atom stereocenters. The van der Waals surface area contributed by atoms with E-state index in [0.717, 1.165) is 15.6 Å².